The number of hydrogen-bond acceptors (Lipinski definition) is 5. The van der Waals surface area contributed by atoms with Gasteiger partial charge in [-0.2, -0.15) is 0 Å². The summed E-state index contributed by atoms with van der Waals surface area (Å²) in [5.41, 5.74) is 2.06. The number of benzene rings is 2. The zero-order chi connectivity index (χ0) is 17.1. The predicted molar refractivity (Wildman–Crippen MR) is 92.5 cm³/mol. The minimum atomic E-state index is -0.0371. The molecule has 1 atom stereocenters. The van der Waals surface area contributed by atoms with Crippen LogP contribution in [0.25, 0.3) is 0 Å². The second-order valence-corrected chi connectivity index (χ2v) is 6.08. The molecule has 0 amide bonds. The minimum Gasteiger partial charge on any atom is -0.503 e. The first-order chi connectivity index (χ1) is 11.6. The summed E-state index contributed by atoms with van der Waals surface area (Å²) in [7, 11) is 3.15. The summed E-state index contributed by atoms with van der Waals surface area (Å²) in [5, 5.41) is 13.5. The molecular weight excluding hydrogens is 330 g/mol. The van der Waals surface area contributed by atoms with Crippen molar-refractivity contribution in [3.63, 3.8) is 0 Å². The Morgan fingerprint density at radius 2 is 2.04 bits per heavy atom. The molecule has 0 unspecified atom stereocenters. The minimum absolute atomic E-state index is 0.0371. The molecule has 0 aliphatic carbocycles. The molecule has 0 bridgehead atoms. The molecule has 5 nitrogen and oxygen atoms in total. The first-order valence-electron chi connectivity index (χ1n) is 7.69. The lowest BCUT2D eigenvalue weighted by atomic mass is 10.0. The van der Waals surface area contributed by atoms with E-state index in [4.69, 9.17) is 25.8 Å². The van der Waals surface area contributed by atoms with E-state index in [0.29, 0.717) is 18.9 Å². The number of methoxy groups -OCH3 is 2. The van der Waals surface area contributed by atoms with Crippen LogP contribution in [-0.4, -0.2) is 32.0 Å². The van der Waals surface area contributed by atoms with E-state index in [1.807, 2.05) is 18.2 Å². The Balaban J connectivity index is 1.67. The summed E-state index contributed by atoms with van der Waals surface area (Å²) >= 11 is 6.02. The van der Waals surface area contributed by atoms with Crippen molar-refractivity contribution < 1.29 is 19.3 Å². The molecule has 0 radical (unpaired) electrons. The van der Waals surface area contributed by atoms with Gasteiger partial charge in [0.2, 0.25) is 0 Å². The van der Waals surface area contributed by atoms with Crippen LogP contribution >= 0.6 is 11.6 Å². The average molecular weight is 350 g/mol. The van der Waals surface area contributed by atoms with Crippen LogP contribution in [0.15, 0.2) is 30.3 Å². The van der Waals surface area contributed by atoms with Crippen LogP contribution < -0.4 is 19.5 Å². The molecule has 0 fully saturated rings. The topological polar surface area (TPSA) is 60.0 Å². The number of halogens is 1. The summed E-state index contributed by atoms with van der Waals surface area (Å²) in [6, 6.07) is 9.60. The van der Waals surface area contributed by atoms with Gasteiger partial charge < -0.3 is 24.6 Å². The SMILES string of the molecule is COc1cc(CN[C@H]2COc3c(cccc3OC)C2)cc(Cl)c1O. The summed E-state index contributed by atoms with van der Waals surface area (Å²) in [4.78, 5) is 0. The van der Waals surface area contributed by atoms with Crippen molar-refractivity contribution in [3.05, 3.63) is 46.5 Å². The third-order valence-corrected chi connectivity index (χ3v) is 4.37. The molecule has 6 heteroatoms. The maximum atomic E-state index is 9.79. The Bertz CT molecular complexity index is 735. The Kier molecular flexibility index (Phi) is 5.02. The van der Waals surface area contributed by atoms with Crippen LogP contribution in [0.5, 0.6) is 23.0 Å². The highest BCUT2D eigenvalue weighted by Gasteiger charge is 2.22. The molecule has 0 saturated heterocycles. The summed E-state index contributed by atoms with van der Waals surface area (Å²) in [5.74, 6) is 1.92. The molecule has 2 aromatic rings. The average Bonchev–Trinajstić information content (AvgIpc) is 2.61. The molecular formula is C18H20ClNO4. The molecule has 0 saturated carbocycles. The maximum absolute atomic E-state index is 9.79. The lowest BCUT2D eigenvalue weighted by molar-refractivity contribution is 0.226. The molecule has 3 rings (SSSR count). The fourth-order valence-electron chi connectivity index (χ4n) is 2.83. The summed E-state index contributed by atoms with van der Waals surface area (Å²) in [6.45, 7) is 1.17. The van der Waals surface area contributed by atoms with E-state index in [1.54, 1.807) is 19.2 Å². The van der Waals surface area contributed by atoms with Crippen molar-refractivity contribution in [2.45, 2.75) is 19.0 Å². The van der Waals surface area contributed by atoms with E-state index in [0.717, 1.165) is 29.0 Å². The van der Waals surface area contributed by atoms with Crippen LogP contribution in [0.4, 0.5) is 0 Å². The molecule has 1 aliphatic rings. The monoisotopic (exact) mass is 349 g/mol. The zero-order valence-electron chi connectivity index (χ0n) is 13.6. The van der Waals surface area contributed by atoms with Gasteiger partial charge in [0, 0.05) is 12.6 Å². The number of phenolic OH excluding ortho intramolecular Hbond substituents is 1. The highest BCUT2D eigenvalue weighted by Crippen LogP contribution is 2.36. The van der Waals surface area contributed by atoms with Crippen molar-refractivity contribution >= 4 is 11.6 Å². The highest BCUT2D eigenvalue weighted by molar-refractivity contribution is 6.32. The molecule has 1 aliphatic heterocycles. The van der Waals surface area contributed by atoms with E-state index in [9.17, 15) is 5.11 Å². The van der Waals surface area contributed by atoms with Crippen LogP contribution in [0.1, 0.15) is 11.1 Å². The second-order valence-electron chi connectivity index (χ2n) is 5.67. The zero-order valence-corrected chi connectivity index (χ0v) is 14.4. The molecule has 24 heavy (non-hydrogen) atoms. The molecule has 128 valence electrons. The quantitative estimate of drug-likeness (QED) is 0.868. The van der Waals surface area contributed by atoms with Crippen LogP contribution in [0.3, 0.4) is 0 Å². The lowest BCUT2D eigenvalue weighted by Gasteiger charge is -2.27. The Hall–Kier alpha value is -2.11. The lowest BCUT2D eigenvalue weighted by Crippen LogP contribution is -2.38. The standard InChI is InChI=1S/C18H20ClNO4/c1-22-15-5-3-4-12-8-13(10-24-18(12)15)20-9-11-6-14(19)17(21)16(7-11)23-2/h3-7,13,20-21H,8-10H2,1-2H3/t13-/m1/s1. The Morgan fingerprint density at radius 1 is 1.25 bits per heavy atom. The van der Waals surface area contributed by atoms with Gasteiger partial charge in [0.05, 0.1) is 19.2 Å². The Labute approximate surface area is 146 Å². The van der Waals surface area contributed by atoms with Gasteiger partial charge in [-0.15, -0.1) is 0 Å². The Morgan fingerprint density at radius 3 is 2.79 bits per heavy atom. The number of phenols is 1. The van der Waals surface area contributed by atoms with Crippen molar-refractivity contribution in [1.82, 2.24) is 5.32 Å². The summed E-state index contributed by atoms with van der Waals surface area (Å²) in [6.07, 6.45) is 0.857. The largest absolute Gasteiger partial charge is 0.503 e. The van der Waals surface area contributed by atoms with Crippen molar-refractivity contribution in [3.8, 4) is 23.0 Å². The third kappa shape index (κ3) is 3.37. The number of rotatable bonds is 5. The van der Waals surface area contributed by atoms with Gasteiger partial charge in [-0.3, -0.25) is 0 Å². The number of fused-ring (bicyclic) bond motifs is 1. The number of hydrogen-bond donors (Lipinski definition) is 2. The van der Waals surface area contributed by atoms with Gasteiger partial charge in [-0.05, 0) is 35.7 Å². The van der Waals surface area contributed by atoms with Gasteiger partial charge in [0.25, 0.3) is 0 Å². The van der Waals surface area contributed by atoms with Crippen molar-refractivity contribution in [1.29, 1.82) is 0 Å². The van der Waals surface area contributed by atoms with E-state index in [1.165, 1.54) is 7.11 Å². The number of para-hydroxylation sites is 1. The molecule has 2 N–H and O–H groups in total. The smallest absolute Gasteiger partial charge is 0.176 e. The molecule has 0 aromatic heterocycles. The second kappa shape index (κ2) is 7.20. The van der Waals surface area contributed by atoms with Gasteiger partial charge in [-0.25, -0.2) is 0 Å². The predicted octanol–water partition coefficient (Wildman–Crippen LogP) is 3.16. The van der Waals surface area contributed by atoms with E-state index < -0.39 is 0 Å². The van der Waals surface area contributed by atoms with E-state index in [2.05, 4.69) is 5.32 Å². The van der Waals surface area contributed by atoms with Gasteiger partial charge in [0.15, 0.2) is 23.0 Å². The van der Waals surface area contributed by atoms with E-state index in [-0.39, 0.29) is 16.8 Å². The van der Waals surface area contributed by atoms with Crippen molar-refractivity contribution in [2.24, 2.45) is 0 Å². The molecule has 0 spiro atoms. The highest BCUT2D eigenvalue weighted by atomic mass is 35.5. The van der Waals surface area contributed by atoms with Crippen molar-refractivity contribution in [2.75, 3.05) is 20.8 Å². The van der Waals surface area contributed by atoms with E-state index >= 15 is 0 Å². The first kappa shape index (κ1) is 16.7. The fraction of sp³-hybridized carbons (Fsp3) is 0.333. The maximum Gasteiger partial charge on any atom is 0.176 e. The normalized spacial score (nSPS) is 16.2. The fourth-order valence-corrected chi connectivity index (χ4v) is 3.07. The van der Waals surface area contributed by atoms with Gasteiger partial charge >= 0.3 is 0 Å². The third-order valence-electron chi connectivity index (χ3n) is 4.08. The first-order valence-corrected chi connectivity index (χ1v) is 8.07. The van der Waals surface area contributed by atoms with Gasteiger partial charge in [0.1, 0.15) is 6.61 Å². The van der Waals surface area contributed by atoms with Crippen LogP contribution in [-0.2, 0) is 13.0 Å². The number of ether oxygens (including phenoxy) is 3. The molecule has 2 aromatic carbocycles. The molecule has 1 heterocycles. The van der Waals surface area contributed by atoms with Crippen LogP contribution in [0.2, 0.25) is 5.02 Å². The number of nitrogens with one attached hydrogen (secondary N) is 1. The number of aromatic hydroxyl groups is 1. The van der Waals surface area contributed by atoms with Gasteiger partial charge in [-0.1, -0.05) is 23.7 Å². The summed E-state index contributed by atoms with van der Waals surface area (Å²) < 4.78 is 16.3. The van der Waals surface area contributed by atoms with Crippen LogP contribution in [0, 0.1) is 0 Å².